The van der Waals surface area contributed by atoms with Crippen molar-refractivity contribution in [3.05, 3.63) is 39.8 Å². The van der Waals surface area contributed by atoms with E-state index in [0.717, 1.165) is 34.2 Å². The third-order valence-corrected chi connectivity index (χ3v) is 3.67. The second-order valence-corrected chi connectivity index (χ2v) is 5.01. The van der Waals surface area contributed by atoms with Crippen LogP contribution in [0.25, 0.3) is 0 Å². The highest BCUT2D eigenvalue weighted by atomic mass is 32.1. The molecule has 2 aromatic rings. The van der Waals surface area contributed by atoms with Crippen LogP contribution < -0.4 is 9.47 Å². The molecule has 0 aliphatic rings. The lowest BCUT2D eigenvalue weighted by Gasteiger charge is -2.08. The van der Waals surface area contributed by atoms with Crippen LogP contribution in [0.2, 0.25) is 0 Å². The number of aliphatic hydroxyl groups excluding tert-OH is 1. The average Bonchev–Trinajstić information content (AvgIpc) is 2.86. The van der Waals surface area contributed by atoms with Crippen molar-refractivity contribution in [2.45, 2.75) is 12.8 Å². The number of methoxy groups -OCH3 is 2. The van der Waals surface area contributed by atoms with Gasteiger partial charge in [0.05, 0.1) is 24.9 Å². The summed E-state index contributed by atoms with van der Waals surface area (Å²) in [6.45, 7) is 0.138. The van der Waals surface area contributed by atoms with Crippen molar-refractivity contribution in [2.75, 3.05) is 20.8 Å². The summed E-state index contributed by atoms with van der Waals surface area (Å²) in [4.78, 5) is 4.48. The van der Waals surface area contributed by atoms with Gasteiger partial charge in [0.15, 0.2) is 11.5 Å². The van der Waals surface area contributed by atoms with Gasteiger partial charge >= 0.3 is 0 Å². The number of aromatic nitrogens is 1. The summed E-state index contributed by atoms with van der Waals surface area (Å²) in [5.74, 6) is 1.46. The van der Waals surface area contributed by atoms with E-state index in [2.05, 4.69) is 4.98 Å². The van der Waals surface area contributed by atoms with Gasteiger partial charge in [0.1, 0.15) is 0 Å². The van der Waals surface area contributed by atoms with E-state index in [-0.39, 0.29) is 6.61 Å². The SMILES string of the molecule is COc1ccc(Cc2nc(CCO)cs2)cc1OC. The highest BCUT2D eigenvalue weighted by Crippen LogP contribution is 2.28. The first-order chi connectivity index (χ1) is 9.26. The van der Waals surface area contributed by atoms with Gasteiger partial charge in [-0.2, -0.15) is 0 Å². The first kappa shape index (κ1) is 13.8. The fourth-order valence-electron chi connectivity index (χ4n) is 1.82. The summed E-state index contributed by atoms with van der Waals surface area (Å²) >= 11 is 1.61. The summed E-state index contributed by atoms with van der Waals surface area (Å²) in [5, 5.41) is 11.9. The molecule has 2 rings (SSSR count). The molecule has 19 heavy (non-hydrogen) atoms. The average molecular weight is 279 g/mol. The molecule has 1 aromatic heterocycles. The van der Waals surface area contributed by atoms with Crippen molar-refractivity contribution in [2.24, 2.45) is 0 Å². The predicted molar refractivity (Wildman–Crippen MR) is 75.3 cm³/mol. The zero-order chi connectivity index (χ0) is 13.7. The molecule has 4 nitrogen and oxygen atoms in total. The molecule has 102 valence electrons. The van der Waals surface area contributed by atoms with E-state index in [9.17, 15) is 0 Å². The molecule has 5 heteroatoms. The predicted octanol–water partition coefficient (Wildman–Crippen LogP) is 2.29. The molecule has 0 aliphatic heterocycles. The second-order valence-electron chi connectivity index (χ2n) is 4.07. The molecule has 0 aliphatic carbocycles. The lowest BCUT2D eigenvalue weighted by atomic mass is 10.1. The fraction of sp³-hybridized carbons (Fsp3) is 0.357. The van der Waals surface area contributed by atoms with Crippen molar-refractivity contribution in [3.63, 3.8) is 0 Å². The highest BCUT2D eigenvalue weighted by Gasteiger charge is 2.07. The van der Waals surface area contributed by atoms with Crippen LogP contribution in [0.4, 0.5) is 0 Å². The van der Waals surface area contributed by atoms with Crippen LogP contribution in [0.3, 0.4) is 0 Å². The van der Waals surface area contributed by atoms with E-state index in [1.54, 1.807) is 25.6 Å². The molecule has 1 heterocycles. The standard InChI is InChI=1S/C14H17NO3S/c1-17-12-4-3-10(7-13(12)18-2)8-14-15-11(5-6-16)9-19-14/h3-4,7,9,16H,5-6,8H2,1-2H3. The monoisotopic (exact) mass is 279 g/mol. The topological polar surface area (TPSA) is 51.6 Å². The van der Waals surface area contributed by atoms with Gasteiger partial charge in [-0.25, -0.2) is 4.98 Å². The van der Waals surface area contributed by atoms with Crippen LogP contribution in [-0.2, 0) is 12.8 Å². The molecule has 0 amide bonds. The summed E-state index contributed by atoms with van der Waals surface area (Å²) in [7, 11) is 3.25. The van der Waals surface area contributed by atoms with E-state index in [4.69, 9.17) is 14.6 Å². The summed E-state index contributed by atoms with van der Waals surface area (Å²) in [6, 6.07) is 5.87. The number of aliphatic hydroxyl groups is 1. The molecule has 0 unspecified atom stereocenters. The van der Waals surface area contributed by atoms with Crippen molar-refractivity contribution in [3.8, 4) is 11.5 Å². The Morgan fingerprint density at radius 1 is 1.21 bits per heavy atom. The molecule has 0 fully saturated rings. The van der Waals surface area contributed by atoms with Crippen LogP contribution in [0.5, 0.6) is 11.5 Å². The molecule has 1 N–H and O–H groups in total. The minimum Gasteiger partial charge on any atom is -0.493 e. The Balaban J connectivity index is 2.13. The van der Waals surface area contributed by atoms with Crippen molar-refractivity contribution in [1.82, 2.24) is 4.98 Å². The zero-order valence-electron chi connectivity index (χ0n) is 11.0. The molecule has 0 atom stereocenters. The molecule has 0 spiro atoms. The summed E-state index contributed by atoms with van der Waals surface area (Å²) < 4.78 is 10.5. The Kier molecular flexibility index (Phi) is 4.76. The van der Waals surface area contributed by atoms with E-state index < -0.39 is 0 Å². The normalized spacial score (nSPS) is 10.5. The zero-order valence-corrected chi connectivity index (χ0v) is 11.9. The van der Waals surface area contributed by atoms with Gasteiger partial charge in [0.2, 0.25) is 0 Å². The van der Waals surface area contributed by atoms with Crippen LogP contribution in [-0.4, -0.2) is 30.9 Å². The van der Waals surface area contributed by atoms with Crippen molar-refractivity contribution < 1.29 is 14.6 Å². The van der Waals surface area contributed by atoms with E-state index in [1.807, 2.05) is 23.6 Å². The number of nitrogens with zero attached hydrogens (tertiary/aromatic N) is 1. The molecule has 0 radical (unpaired) electrons. The van der Waals surface area contributed by atoms with Gasteiger partial charge in [-0.05, 0) is 17.7 Å². The van der Waals surface area contributed by atoms with E-state index >= 15 is 0 Å². The molecular formula is C14H17NO3S. The lowest BCUT2D eigenvalue weighted by molar-refractivity contribution is 0.298. The maximum Gasteiger partial charge on any atom is 0.160 e. The molecule has 1 aromatic carbocycles. The summed E-state index contributed by atoms with van der Waals surface area (Å²) in [6.07, 6.45) is 1.37. The Morgan fingerprint density at radius 3 is 2.68 bits per heavy atom. The first-order valence-electron chi connectivity index (χ1n) is 6.02. The van der Waals surface area contributed by atoms with Gasteiger partial charge in [-0.15, -0.1) is 11.3 Å². The minimum atomic E-state index is 0.138. The first-order valence-corrected chi connectivity index (χ1v) is 6.90. The summed E-state index contributed by atoms with van der Waals surface area (Å²) in [5.41, 5.74) is 2.07. The number of hydrogen-bond acceptors (Lipinski definition) is 5. The maximum atomic E-state index is 8.88. The maximum absolute atomic E-state index is 8.88. The van der Waals surface area contributed by atoms with E-state index in [0.29, 0.717) is 6.42 Å². The lowest BCUT2D eigenvalue weighted by Crippen LogP contribution is -1.95. The number of hydrogen-bond donors (Lipinski definition) is 1. The largest absolute Gasteiger partial charge is 0.493 e. The molecule has 0 saturated heterocycles. The van der Waals surface area contributed by atoms with Crippen LogP contribution >= 0.6 is 11.3 Å². The quantitative estimate of drug-likeness (QED) is 0.881. The molecule has 0 saturated carbocycles. The van der Waals surface area contributed by atoms with Crippen LogP contribution in [0.1, 0.15) is 16.3 Å². The number of thiazole rings is 1. The fourth-order valence-corrected chi connectivity index (χ4v) is 2.69. The van der Waals surface area contributed by atoms with Gasteiger partial charge in [-0.1, -0.05) is 6.07 Å². The molecular weight excluding hydrogens is 262 g/mol. The third-order valence-electron chi connectivity index (χ3n) is 2.77. The van der Waals surface area contributed by atoms with E-state index in [1.165, 1.54) is 0 Å². The van der Waals surface area contributed by atoms with Crippen molar-refractivity contribution >= 4 is 11.3 Å². The van der Waals surface area contributed by atoms with Crippen LogP contribution in [0, 0.1) is 0 Å². The van der Waals surface area contributed by atoms with Gasteiger partial charge in [0.25, 0.3) is 0 Å². The van der Waals surface area contributed by atoms with Crippen molar-refractivity contribution in [1.29, 1.82) is 0 Å². The number of benzene rings is 1. The Hall–Kier alpha value is -1.59. The number of ether oxygens (including phenoxy) is 2. The molecule has 0 bridgehead atoms. The minimum absolute atomic E-state index is 0.138. The van der Waals surface area contributed by atoms with Gasteiger partial charge in [0, 0.05) is 24.8 Å². The Morgan fingerprint density at radius 2 is 2.00 bits per heavy atom. The Labute approximate surface area is 116 Å². The third kappa shape index (κ3) is 3.45. The Bertz CT molecular complexity index is 539. The number of rotatable bonds is 6. The van der Waals surface area contributed by atoms with Gasteiger partial charge < -0.3 is 14.6 Å². The highest BCUT2D eigenvalue weighted by molar-refractivity contribution is 7.09. The van der Waals surface area contributed by atoms with Crippen LogP contribution in [0.15, 0.2) is 23.6 Å². The van der Waals surface area contributed by atoms with Gasteiger partial charge in [-0.3, -0.25) is 0 Å². The smallest absolute Gasteiger partial charge is 0.160 e. The second kappa shape index (κ2) is 6.54.